The Morgan fingerprint density at radius 1 is 0.852 bits per heavy atom. The number of halogens is 2. The Kier molecular flexibility index (Phi) is 6.74. The molecule has 0 atom stereocenters. The van der Waals surface area contributed by atoms with E-state index in [-0.39, 0.29) is 0 Å². The highest BCUT2D eigenvalue weighted by molar-refractivity contribution is 9.10. The molecule has 0 N–H and O–H groups in total. The number of benzene rings is 3. The summed E-state index contributed by atoms with van der Waals surface area (Å²) in [5.41, 5.74) is 2.46. The van der Waals surface area contributed by atoms with E-state index in [1.54, 1.807) is 18.4 Å². The van der Waals surface area contributed by atoms with E-state index in [9.17, 15) is 4.79 Å². The zero-order chi connectivity index (χ0) is 19.1. The smallest absolute Gasteiger partial charge is 0.336 e. The molecule has 27 heavy (non-hydrogen) atoms. The number of carbonyl (C=O) groups excluding carboxylic acids is 1. The lowest BCUT2D eigenvalue weighted by Gasteiger charge is -2.05. The van der Waals surface area contributed by atoms with Crippen molar-refractivity contribution in [2.45, 2.75) is 0 Å². The van der Waals surface area contributed by atoms with Crippen LogP contribution in [0.5, 0.6) is 5.75 Å². The van der Waals surface area contributed by atoms with Crippen LogP contribution in [0, 0.1) is 0 Å². The number of nitrogens with zero attached hydrogens (tertiary/aromatic N) is 1. The summed E-state index contributed by atoms with van der Waals surface area (Å²) in [6, 6.07) is 22.6. The fourth-order valence-corrected chi connectivity index (χ4v) is 2.76. The second-order valence-corrected chi connectivity index (χ2v) is 7.41. The van der Waals surface area contributed by atoms with E-state index in [0.717, 1.165) is 25.8 Å². The van der Waals surface area contributed by atoms with Gasteiger partial charge in [-0.2, -0.15) is 0 Å². The summed E-state index contributed by atoms with van der Waals surface area (Å²) in [5, 5.41) is 0. The van der Waals surface area contributed by atoms with Crippen molar-refractivity contribution in [1.82, 2.24) is 0 Å². The van der Waals surface area contributed by atoms with Gasteiger partial charge in [0.25, 0.3) is 0 Å². The molecule has 3 rings (SSSR count). The number of ether oxygens (including phenoxy) is 1. The van der Waals surface area contributed by atoms with Gasteiger partial charge in [0.2, 0.25) is 0 Å². The summed E-state index contributed by atoms with van der Waals surface area (Å²) < 4.78 is 7.45. The SMILES string of the molecule is O=C(C=Cc1ccc(Br)cc1)Oc1ccccc1C=Nc1ccc(Br)cc1. The van der Waals surface area contributed by atoms with Gasteiger partial charge in [-0.1, -0.05) is 56.1 Å². The molecule has 3 aromatic carbocycles. The van der Waals surface area contributed by atoms with Crippen LogP contribution < -0.4 is 4.74 Å². The van der Waals surface area contributed by atoms with Gasteiger partial charge < -0.3 is 4.74 Å². The van der Waals surface area contributed by atoms with E-state index in [1.165, 1.54) is 6.08 Å². The molecule has 0 saturated carbocycles. The highest BCUT2D eigenvalue weighted by Crippen LogP contribution is 2.20. The number of aliphatic imine (C=N–C) groups is 1. The predicted octanol–water partition coefficient (Wildman–Crippen LogP) is 6.58. The minimum absolute atomic E-state index is 0.442. The zero-order valence-electron chi connectivity index (χ0n) is 14.2. The Morgan fingerprint density at radius 3 is 2.19 bits per heavy atom. The van der Waals surface area contributed by atoms with E-state index in [2.05, 4.69) is 36.9 Å². The van der Waals surface area contributed by atoms with Crippen molar-refractivity contribution < 1.29 is 9.53 Å². The Hall–Kier alpha value is -2.50. The Morgan fingerprint density at radius 2 is 1.48 bits per heavy atom. The lowest BCUT2D eigenvalue weighted by atomic mass is 10.2. The maximum atomic E-state index is 12.1. The maximum absolute atomic E-state index is 12.1. The van der Waals surface area contributed by atoms with Gasteiger partial charge in [-0.3, -0.25) is 4.99 Å². The van der Waals surface area contributed by atoms with Crippen molar-refractivity contribution in [3.8, 4) is 5.75 Å². The number of para-hydroxylation sites is 1. The number of rotatable bonds is 5. The first-order valence-corrected chi connectivity index (χ1v) is 9.73. The van der Waals surface area contributed by atoms with Crippen LogP contribution in [0.2, 0.25) is 0 Å². The molecule has 0 aliphatic heterocycles. The van der Waals surface area contributed by atoms with Crippen LogP contribution in [-0.2, 0) is 4.79 Å². The zero-order valence-corrected chi connectivity index (χ0v) is 17.4. The standard InChI is InChI=1S/C22H15Br2NO2/c23-18-8-5-16(6-9-18)7-14-22(26)27-21-4-2-1-3-17(21)15-25-20-12-10-19(24)11-13-20/h1-15H. The highest BCUT2D eigenvalue weighted by Gasteiger charge is 2.05. The first-order valence-electron chi connectivity index (χ1n) is 8.14. The predicted molar refractivity (Wildman–Crippen MR) is 117 cm³/mol. The molecular formula is C22H15Br2NO2. The summed E-state index contributed by atoms with van der Waals surface area (Å²) >= 11 is 6.78. The summed E-state index contributed by atoms with van der Waals surface area (Å²) in [4.78, 5) is 16.6. The minimum atomic E-state index is -0.442. The average Bonchev–Trinajstić information content (AvgIpc) is 2.68. The van der Waals surface area contributed by atoms with Gasteiger partial charge in [0.1, 0.15) is 5.75 Å². The molecule has 0 unspecified atom stereocenters. The molecule has 0 spiro atoms. The number of carbonyl (C=O) groups is 1. The summed E-state index contributed by atoms with van der Waals surface area (Å²) in [7, 11) is 0. The topological polar surface area (TPSA) is 38.7 Å². The molecule has 0 radical (unpaired) electrons. The van der Waals surface area contributed by atoms with Crippen LogP contribution in [-0.4, -0.2) is 12.2 Å². The minimum Gasteiger partial charge on any atom is -0.423 e. The second kappa shape index (κ2) is 9.44. The fraction of sp³-hybridized carbons (Fsp3) is 0. The Labute approximate surface area is 174 Å². The lowest BCUT2D eigenvalue weighted by molar-refractivity contribution is -0.128. The third kappa shape index (κ3) is 6.01. The van der Waals surface area contributed by atoms with Crippen LogP contribution >= 0.6 is 31.9 Å². The first-order chi connectivity index (χ1) is 13.1. The normalized spacial score (nSPS) is 11.2. The molecule has 3 aromatic rings. The molecule has 3 nitrogen and oxygen atoms in total. The van der Waals surface area contributed by atoms with Crippen molar-refractivity contribution in [2.24, 2.45) is 4.99 Å². The molecule has 0 saturated heterocycles. The van der Waals surface area contributed by atoms with Crippen LogP contribution in [0.1, 0.15) is 11.1 Å². The molecule has 0 heterocycles. The molecule has 0 bridgehead atoms. The number of hydrogen-bond donors (Lipinski definition) is 0. The van der Waals surface area contributed by atoms with Crippen molar-refractivity contribution in [3.05, 3.63) is 98.9 Å². The van der Waals surface area contributed by atoms with Crippen LogP contribution in [0.3, 0.4) is 0 Å². The van der Waals surface area contributed by atoms with Crippen molar-refractivity contribution >= 4 is 55.8 Å². The second-order valence-electron chi connectivity index (χ2n) is 5.58. The molecule has 0 aromatic heterocycles. The van der Waals surface area contributed by atoms with Gasteiger partial charge in [-0.25, -0.2) is 4.79 Å². The summed E-state index contributed by atoms with van der Waals surface area (Å²) in [6.07, 6.45) is 4.81. The van der Waals surface area contributed by atoms with Crippen LogP contribution in [0.15, 0.2) is 92.8 Å². The third-order valence-corrected chi connectivity index (χ3v) is 4.65. The van der Waals surface area contributed by atoms with E-state index in [1.807, 2.05) is 66.7 Å². The number of hydrogen-bond acceptors (Lipinski definition) is 3. The van der Waals surface area contributed by atoms with Gasteiger partial charge in [0, 0.05) is 26.8 Å². The van der Waals surface area contributed by atoms with Gasteiger partial charge in [-0.15, -0.1) is 0 Å². The molecule has 0 aliphatic carbocycles. The van der Waals surface area contributed by atoms with E-state index < -0.39 is 5.97 Å². The van der Waals surface area contributed by atoms with Crippen molar-refractivity contribution in [3.63, 3.8) is 0 Å². The Balaban J connectivity index is 1.70. The number of esters is 1. The first kappa shape index (κ1) is 19.3. The molecule has 0 aliphatic rings. The van der Waals surface area contributed by atoms with E-state index >= 15 is 0 Å². The fourth-order valence-electron chi connectivity index (χ4n) is 2.23. The van der Waals surface area contributed by atoms with Crippen molar-refractivity contribution in [1.29, 1.82) is 0 Å². The third-order valence-electron chi connectivity index (χ3n) is 3.59. The quantitative estimate of drug-likeness (QED) is 0.177. The van der Waals surface area contributed by atoms with Crippen LogP contribution in [0.4, 0.5) is 5.69 Å². The summed E-state index contributed by atoms with van der Waals surface area (Å²) in [6.45, 7) is 0. The summed E-state index contributed by atoms with van der Waals surface area (Å²) in [5.74, 6) is 0.0197. The van der Waals surface area contributed by atoms with Gasteiger partial charge in [0.15, 0.2) is 0 Å². The molecule has 0 amide bonds. The molecule has 0 fully saturated rings. The van der Waals surface area contributed by atoms with Gasteiger partial charge in [-0.05, 0) is 60.2 Å². The lowest BCUT2D eigenvalue weighted by Crippen LogP contribution is -2.05. The monoisotopic (exact) mass is 483 g/mol. The van der Waals surface area contributed by atoms with E-state index in [0.29, 0.717) is 5.75 Å². The maximum Gasteiger partial charge on any atom is 0.336 e. The molecule has 5 heteroatoms. The van der Waals surface area contributed by atoms with Crippen molar-refractivity contribution in [2.75, 3.05) is 0 Å². The average molecular weight is 485 g/mol. The molecule has 134 valence electrons. The highest BCUT2D eigenvalue weighted by atomic mass is 79.9. The molecular weight excluding hydrogens is 470 g/mol. The Bertz CT molecular complexity index is 978. The van der Waals surface area contributed by atoms with Gasteiger partial charge >= 0.3 is 5.97 Å². The van der Waals surface area contributed by atoms with Gasteiger partial charge in [0.05, 0.1) is 5.69 Å². The van der Waals surface area contributed by atoms with E-state index in [4.69, 9.17) is 4.74 Å². The largest absolute Gasteiger partial charge is 0.423 e. The van der Waals surface area contributed by atoms with Crippen LogP contribution in [0.25, 0.3) is 6.08 Å².